The SMILES string of the molecule is CCCCCCCCCNc1c(F)cc(F)cc1F. The fraction of sp³-hybridized carbons (Fsp3) is 0.600. The molecule has 0 aromatic heterocycles. The van der Waals surface area contributed by atoms with Gasteiger partial charge in [0.25, 0.3) is 0 Å². The summed E-state index contributed by atoms with van der Waals surface area (Å²) in [4.78, 5) is 0. The van der Waals surface area contributed by atoms with Gasteiger partial charge in [0.1, 0.15) is 11.5 Å². The largest absolute Gasteiger partial charge is 0.380 e. The highest BCUT2D eigenvalue weighted by molar-refractivity contribution is 5.46. The van der Waals surface area contributed by atoms with Crippen LogP contribution in [0.5, 0.6) is 0 Å². The quantitative estimate of drug-likeness (QED) is 0.605. The first kappa shape index (κ1) is 15.9. The van der Waals surface area contributed by atoms with E-state index in [-0.39, 0.29) is 5.69 Å². The standard InChI is InChI=1S/C15H22F3N/c1-2-3-4-5-6-7-8-9-19-15-13(17)10-12(16)11-14(15)18/h10-11,19H,2-9H2,1H3. The zero-order valence-electron chi connectivity index (χ0n) is 11.4. The van der Waals surface area contributed by atoms with Crippen LogP contribution in [0.4, 0.5) is 18.9 Å². The van der Waals surface area contributed by atoms with Gasteiger partial charge in [-0.25, -0.2) is 13.2 Å². The van der Waals surface area contributed by atoms with E-state index in [0.717, 1.165) is 19.3 Å². The fourth-order valence-electron chi connectivity index (χ4n) is 2.01. The van der Waals surface area contributed by atoms with Crippen LogP contribution in [0.3, 0.4) is 0 Å². The first-order valence-electron chi connectivity index (χ1n) is 7.03. The van der Waals surface area contributed by atoms with Crippen molar-refractivity contribution in [2.75, 3.05) is 11.9 Å². The molecular weight excluding hydrogens is 251 g/mol. The Bertz CT molecular complexity index is 357. The van der Waals surface area contributed by atoms with Gasteiger partial charge in [0.2, 0.25) is 0 Å². The Hall–Kier alpha value is -1.19. The van der Waals surface area contributed by atoms with Crippen LogP contribution in [-0.2, 0) is 0 Å². The monoisotopic (exact) mass is 273 g/mol. The Labute approximate surface area is 113 Å². The predicted octanol–water partition coefficient (Wildman–Crippen LogP) is 5.27. The van der Waals surface area contributed by atoms with E-state index < -0.39 is 17.5 Å². The predicted molar refractivity (Wildman–Crippen MR) is 72.8 cm³/mol. The molecule has 1 aromatic rings. The molecule has 0 heterocycles. The molecule has 1 N–H and O–H groups in total. The van der Waals surface area contributed by atoms with Crippen molar-refractivity contribution in [2.24, 2.45) is 0 Å². The normalized spacial score (nSPS) is 10.7. The van der Waals surface area contributed by atoms with Crippen molar-refractivity contribution >= 4 is 5.69 Å². The lowest BCUT2D eigenvalue weighted by Gasteiger charge is -2.08. The zero-order chi connectivity index (χ0) is 14.1. The van der Waals surface area contributed by atoms with Crippen molar-refractivity contribution < 1.29 is 13.2 Å². The number of nitrogens with one attached hydrogen (secondary N) is 1. The number of anilines is 1. The zero-order valence-corrected chi connectivity index (χ0v) is 11.4. The first-order chi connectivity index (χ1) is 9.15. The molecule has 108 valence electrons. The molecule has 0 radical (unpaired) electrons. The smallest absolute Gasteiger partial charge is 0.152 e. The third-order valence-electron chi connectivity index (χ3n) is 3.09. The maximum atomic E-state index is 13.3. The van der Waals surface area contributed by atoms with Crippen LogP contribution in [0, 0.1) is 17.5 Å². The van der Waals surface area contributed by atoms with Crippen LogP contribution >= 0.6 is 0 Å². The Morgan fingerprint density at radius 2 is 1.37 bits per heavy atom. The number of halogens is 3. The van der Waals surface area contributed by atoms with Crippen LogP contribution in [0.15, 0.2) is 12.1 Å². The Balaban J connectivity index is 2.19. The van der Waals surface area contributed by atoms with E-state index in [4.69, 9.17) is 0 Å². The average molecular weight is 273 g/mol. The second kappa shape index (κ2) is 8.83. The summed E-state index contributed by atoms with van der Waals surface area (Å²) < 4.78 is 39.3. The molecule has 0 atom stereocenters. The van der Waals surface area contributed by atoms with Crippen LogP contribution in [-0.4, -0.2) is 6.54 Å². The van der Waals surface area contributed by atoms with E-state index in [9.17, 15) is 13.2 Å². The number of hydrogen-bond acceptors (Lipinski definition) is 1. The summed E-state index contributed by atoms with van der Waals surface area (Å²) in [6, 6.07) is 1.38. The molecule has 0 aliphatic heterocycles. The summed E-state index contributed by atoms with van der Waals surface area (Å²) >= 11 is 0. The summed E-state index contributed by atoms with van der Waals surface area (Å²) in [5, 5.41) is 2.69. The molecule has 1 nitrogen and oxygen atoms in total. The van der Waals surface area contributed by atoms with Gasteiger partial charge in [-0.05, 0) is 6.42 Å². The van der Waals surface area contributed by atoms with Crippen LogP contribution < -0.4 is 5.32 Å². The van der Waals surface area contributed by atoms with Gasteiger partial charge in [0, 0.05) is 18.7 Å². The van der Waals surface area contributed by atoms with Gasteiger partial charge < -0.3 is 5.32 Å². The molecule has 0 unspecified atom stereocenters. The Kier molecular flexibility index (Phi) is 7.38. The van der Waals surface area contributed by atoms with E-state index >= 15 is 0 Å². The van der Waals surface area contributed by atoms with Crippen molar-refractivity contribution in [3.8, 4) is 0 Å². The van der Waals surface area contributed by atoms with Crippen LogP contribution in [0.1, 0.15) is 51.9 Å². The number of unbranched alkanes of at least 4 members (excludes halogenated alkanes) is 6. The minimum absolute atomic E-state index is 0.229. The van der Waals surface area contributed by atoms with Gasteiger partial charge in [-0.3, -0.25) is 0 Å². The van der Waals surface area contributed by atoms with Crippen LogP contribution in [0.2, 0.25) is 0 Å². The summed E-state index contributed by atoms with van der Waals surface area (Å²) in [5.74, 6) is -2.64. The Morgan fingerprint density at radius 1 is 0.842 bits per heavy atom. The number of benzene rings is 1. The second-order valence-electron chi connectivity index (χ2n) is 4.79. The molecule has 0 amide bonds. The van der Waals surface area contributed by atoms with E-state index in [1.54, 1.807) is 0 Å². The molecule has 0 fully saturated rings. The van der Waals surface area contributed by atoms with Crippen molar-refractivity contribution in [1.82, 2.24) is 0 Å². The minimum Gasteiger partial charge on any atom is -0.380 e. The summed E-state index contributed by atoms with van der Waals surface area (Å²) in [6.07, 6.45) is 8.02. The summed E-state index contributed by atoms with van der Waals surface area (Å²) in [6.45, 7) is 2.68. The van der Waals surface area contributed by atoms with Crippen molar-refractivity contribution in [3.05, 3.63) is 29.6 Å². The maximum absolute atomic E-state index is 13.3. The first-order valence-corrected chi connectivity index (χ1v) is 7.03. The molecule has 4 heteroatoms. The minimum atomic E-state index is -0.892. The number of hydrogen-bond donors (Lipinski definition) is 1. The van der Waals surface area contributed by atoms with Gasteiger partial charge in [0.15, 0.2) is 11.6 Å². The highest BCUT2D eigenvalue weighted by Crippen LogP contribution is 2.20. The van der Waals surface area contributed by atoms with E-state index in [1.807, 2.05) is 0 Å². The third-order valence-corrected chi connectivity index (χ3v) is 3.09. The molecule has 1 aromatic carbocycles. The Morgan fingerprint density at radius 3 is 1.95 bits per heavy atom. The maximum Gasteiger partial charge on any atom is 0.152 e. The summed E-state index contributed by atoms with van der Waals surface area (Å²) in [5.41, 5.74) is -0.229. The topological polar surface area (TPSA) is 12.0 Å². The molecule has 0 saturated heterocycles. The van der Waals surface area contributed by atoms with E-state index in [2.05, 4.69) is 12.2 Å². The van der Waals surface area contributed by atoms with Crippen molar-refractivity contribution in [1.29, 1.82) is 0 Å². The molecular formula is C15H22F3N. The van der Waals surface area contributed by atoms with E-state index in [1.165, 1.54) is 25.7 Å². The van der Waals surface area contributed by atoms with E-state index in [0.29, 0.717) is 18.7 Å². The van der Waals surface area contributed by atoms with Gasteiger partial charge >= 0.3 is 0 Å². The lowest BCUT2D eigenvalue weighted by molar-refractivity contribution is 0.545. The van der Waals surface area contributed by atoms with Crippen molar-refractivity contribution in [3.63, 3.8) is 0 Å². The lowest BCUT2D eigenvalue weighted by Crippen LogP contribution is -2.06. The molecule has 19 heavy (non-hydrogen) atoms. The van der Waals surface area contributed by atoms with Crippen LogP contribution in [0.25, 0.3) is 0 Å². The van der Waals surface area contributed by atoms with Gasteiger partial charge in [-0.1, -0.05) is 45.4 Å². The summed E-state index contributed by atoms with van der Waals surface area (Å²) in [7, 11) is 0. The molecule has 0 aliphatic rings. The highest BCUT2D eigenvalue weighted by atomic mass is 19.1. The lowest BCUT2D eigenvalue weighted by atomic mass is 10.1. The second-order valence-corrected chi connectivity index (χ2v) is 4.79. The van der Waals surface area contributed by atoms with Gasteiger partial charge in [0.05, 0.1) is 0 Å². The molecule has 0 spiro atoms. The highest BCUT2D eigenvalue weighted by Gasteiger charge is 2.10. The molecule has 0 bridgehead atoms. The molecule has 0 saturated carbocycles. The van der Waals surface area contributed by atoms with Gasteiger partial charge in [-0.15, -0.1) is 0 Å². The average Bonchev–Trinajstić information content (AvgIpc) is 2.35. The third kappa shape index (κ3) is 5.99. The molecule has 1 rings (SSSR count). The van der Waals surface area contributed by atoms with Gasteiger partial charge in [-0.2, -0.15) is 0 Å². The fourth-order valence-corrected chi connectivity index (χ4v) is 2.01. The number of rotatable bonds is 9. The molecule has 0 aliphatic carbocycles. The van der Waals surface area contributed by atoms with Crippen molar-refractivity contribution in [2.45, 2.75) is 51.9 Å².